The maximum absolute atomic E-state index is 15.4. The van der Waals surface area contributed by atoms with E-state index in [0.717, 1.165) is 12.1 Å². The SMILES string of the molecule is C=C1c2ccc(Oc3ccc4c(c3)C(=O)N(c3ccc(C(c5ccc(C)c(OCCCS(=O)(=O)O)c5)(C(F)(F)F)C(F)(F)F)cc3OCCCSOOO)C4=O)cc2C(=O)N1C. The molecule has 62 heavy (non-hydrogen) atoms. The Morgan fingerprint density at radius 2 is 1.27 bits per heavy atom. The predicted octanol–water partition coefficient (Wildman–Crippen LogP) is 8.55. The highest BCUT2D eigenvalue weighted by Gasteiger charge is 2.72. The fourth-order valence-corrected chi connectivity index (χ4v) is 7.76. The molecule has 0 unspecified atom stereocenters. The molecule has 2 heterocycles. The Morgan fingerprint density at radius 3 is 1.89 bits per heavy atom. The average molecular weight is 913 g/mol. The summed E-state index contributed by atoms with van der Waals surface area (Å²) in [6.45, 7) is 4.31. The molecule has 2 aliphatic rings. The van der Waals surface area contributed by atoms with Gasteiger partial charge in [-0.1, -0.05) is 29.8 Å². The third kappa shape index (κ3) is 8.83. The van der Waals surface area contributed by atoms with E-state index in [1.165, 1.54) is 36.1 Å². The number of hydrogen-bond acceptors (Lipinski definition) is 12. The lowest BCUT2D eigenvalue weighted by Crippen LogP contribution is -2.54. The molecule has 0 atom stereocenters. The zero-order chi connectivity index (χ0) is 45.4. The molecule has 0 spiro atoms. The van der Waals surface area contributed by atoms with Gasteiger partial charge in [-0.15, -0.1) is 4.33 Å². The molecule has 0 saturated heterocycles. The second kappa shape index (κ2) is 17.6. The zero-order valence-electron chi connectivity index (χ0n) is 32.3. The van der Waals surface area contributed by atoms with Crippen molar-refractivity contribution in [1.82, 2.24) is 4.90 Å². The Kier molecular flexibility index (Phi) is 13.0. The third-order valence-electron chi connectivity index (χ3n) is 9.95. The number of amides is 3. The molecule has 6 rings (SSSR count). The number of ether oxygens (including phenoxy) is 3. The number of hydrogen-bond donors (Lipinski definition) is 2. The monoisotopic (exact) mass is 912 g/mol. The molecule has 0 aromatic heterocycles. The van der Waals surface area contributed by atoms with Gasteiger partial charge in [0, 0.05) is 36.1 Å². The summed E-state index contributed by atoms with van der Waals surface area (Å²) in [7, 11) is -2.89. The fourth-order valence-electron chi connectivity index (χ4n) is 6.94. The van der Waals surface area contributed by atoms with Gasteiger partial charge in [-0.3, -0.25) is 18.9 Å². The molecule has 0 radical (unpaired) electrons. The van der Waals surface area contributed by atoms with Gasteiger partial charge >= 0.3 is 12.4 Å². The van der Waals surface area contributed by atoms with Gasteiger partial charge in [0.15, 0.2) is 0 Å². The summed E-state index contributed by atoms with van der Waals surface area (Å²) in [5.74, 6) is -4.03. The molecule has 2 aliphatic heterocycles. The van der Waals surface area contributed by atoms with Crippen LogP contribution in [-0.2, 0) is 24.9 Å². The van der Waals surface area contributed by atoms with E-state index in [1.54, 1.807) is 19.2 Å². The first kappa shape index (κ1) is 45.9. The van der Waals surface area contributed by atoms with E-state index in [9.17, 15) is 22.8 Å². The van der Waals surface area contributed by atoms with Crippen LogP contribution in [0.2, 0.25) is 0 Å². The van der Waals surface area contributed by atoms with Crippen LogP contribution in [0.5, 0.6) is 23.0 Å². The molecule has 0 saturated carbocycles. The Hall–Kier alpha value is -5.65. The van der Waals surface area contributed by atoms with Crippen LogP contribution < -0.4 is 19.1 Å². The van der Waals surface area contributed by atoms with Crippen molar-refractivity contribution in [1.29, 1.82) is 0 Å². The van der Waals surface area contributed by atoms with Crippen molar-refractivity contribution in [3.8, 4) is 23.0 Å². The van der Waals surface area contributed by atoms with E-state index in [1.807, 2.05) is 0 Å². The second-order valence-corrected chi connectivity index (χ2v) is 16.2. The van der Waals surface area contributed by atoms with Crippen LogP contribution in [0.25, 0.3) is 5.70 Å². The number of rotatable bonds is 17. The van der Waals surface area contributed by atoms with Crippen LogP contribution in [0.15, 0.2) is 79.4 Å². The van der Waals surface area contributed by atoms with Crippen LogP contribution in [0.3, 0.4) is 0 Å². The van der Waals surface area contributed by atoms with Crippen molar-refractivity contribution in [2.45, 2.75) is 37.5 Å². The van der Waals surface area contributed by atoms with Crippen LogP contribution >= 0.6 is 12.0 Å². The van der Waals surface area contributed by atoms with Gasteiger partial charge in [-0.25, -0.2) is 10.2 Å². The number of aryl methyl sites for hydroxylation is 1. The lowest BCUT2D eigenvalue weighted by molar-refractivity contribution is -0.432. The summed E-state index contributed by atoms with van der Waals surface area (Å²) >= 11 is 0.583. The van der Waals surface area contributed by atoms with Crippen LogP contribution in [0.4, 0.5) is 32.0 Å². The van der Waals surface area contributed by atoms with Crippen LogP contribution in [0.1, 0.15) is 66.2 Å². The van der Waals surface area contributed by atoms with Crippen LogP contribution in [0, 0.1) is 6.92 Å². The predicted molar refractivity (Wildman–Crippen MR) is 210 cm³/mol. The highest BCUT2D eigenvalue weighted by Crippen LogP contribution is 2.58. The van der Waals surface area contributed by atoms with E-state index in [-0.39, 0.29) is 52.7 Å². The van der Waals surface area contributed by atoms with Gasteiger partial charge in [0.1, 0.15) is 23.0 Å². The fraction of sp³-hybridized carbons (Fsp3) is 0.275. The largest absolute Gasteiger partial charge is 0.493 e. The summed E-state index contributed by atoms with van der Waals surface area (Å²) in [6.07, 6.45) is -12.6. The first-order valence-corrected chi connectivity index (χ1v) is 20.6. The van der Waals surface area contributed by atoms with Crippen molar-refractivity contribution in [2.24, 2.45) is 0 Å². The van der Waals surface area contributed by atoms with Crippen LogP contribution in [-0.4, -0.2) is 85.0 Å². The maximum Gasteiger partial charge on any atom is 0.411 e. The van der Waals surface area contributed by atoms with E-state index in [0.29, 0.717) is 58.0 Å². The molecule has 22 heteroatoms. The Labute approximate surface area is 353 Å². The van der Waals surface area contributed by atoms with Gasteiger partial charge in [-0.05, 0) is 91.1 Å². The third-order valence-corrected chi connectivity index (χ3v) is 11.4. The van der Waals surface area contributed by atoms with Gasteiger partial charge in [0.2, 0.25) is 5.41 Å². The smallest absolute Gasteiger partial charge is 0.411 e. The average Bonchev–Trinajstić information content (AvgIpc) is 3.56. The number of halogens is 6. The molecule has 0 fully saturated rings. The summed E-state index contributed by atoms with van der Waals surface area (Å²) in [6, 6.07) is 12.1. The van der Waals surface area contributed by atoms with Gasteiger partial charge in [0.05, 0.1) is 41.3 Å². The summed E-state index contributed by atoms with van der Waals surface area (Å²) in [4.78, 5) is 42.4. The van der Waals surface area contributed by atoms with E-state index in [4.69, 9.17) is 24.0 Å². The minimum Gasteiger partial charge on any atom is -0.493 e. The van der Waals surface area contributed by atoms with Gasteiger partial charge in [-0.2, -0.15) is 34.8 Å². The number of benzene rings is 4. The lowest BCUT2D eigenvalue weighted by atomic mass is 9.72. The van der Waals surface area contributed by atoms with Gasteiger partial charge < -0.3 is 19.1 Å². The molecule has 4 aromatic carbocycles. The first-order chi connectivity index (χ1) is 29.1. The minimum atomic E-state index is -6.11. The molecular weight excluding hydrogens is 879 g/mol. The number of anilines is 1. The molecule has 4 aromatic rings. The van der Waals surface area contributed by atoms with E-state index in [2.05, 4.69) is 16.0 Å². The zero-order valence-corrected chi connectivity index (χ0v) is 34.0. The van der Waals surface area contributed by atoms with Crippen molar-refractivity contribution < 1.29 is 82.5 Å². The lowest BCUT2D eigenvalue weighted by Gasteiger charge is -2.39. The number of fused-ring (bicyclic) bond motifs is 2. The standard InChI is InChI=1S/C40H34F6N2O12S2/c1-22-6-7-24(18-33(22)56-15-5-17-62(53,54)55)38(39(41,42)43,40(44,45)46)25-8-13-32(34(19-25)57-14-4-16-61-60-59-52)48-36(50)29-12-10-27(21-31(29)37(48)51)58-26-9-11-28-23(2)47(3)35(49)30(28)20-26/h6-13,18-21,52H,2,4-5,14-17H2,1,3H3,(H,53,54,55). The van der Waals surface area contributed by atoms with E-state index < -0.39 is 87.0 Å². The van der Waals surface area contributed by atoms with Crippen molar-refractivity contribution >= 4 is 51.3 Å². The molecule has 3 amide bonds. The number of nitrogens with zero attached hydrogens (tertiary/aromatic N) is 2. The Morgan fingerprint density at radius 1 is 0.726 bits per heavy atom. The van der Waals surface area contributed by atoms with E-state index >= 15 is 26.3 Å². The number of carbonyl (C=O) groups excluding carboxylic acids is 3. The second-order valence-electron chi connectivity index (χ2n) is 13.8. The summed E-state index contributed by atoms with van der Waals surface area (Å²) in [5.41, 5.74) is -6.98. The summed E-state index contributed by atoms with van der Waals surface area (Å²) < 4.78 is 145. The Balaban J connectivity index is 1.39. The number of imide groups is 1. The quantitative estimate of drug-likeness (QED) is 0.0196. The maximum atomic E-state index is 15.4. The van der Waals surface area contributed by atoms with Crippen molar-refractivity contribution in [2.75, 3.05) is 36.7 Å². The topological polar surface area (TPSA) is 178 Å². The first-order valence-electron chi connectivity index (χ1n) is 18.1. The molecule has 14 nitrogen and oxygen atoms in total. The molecular formula is C40H34F6N2O12S2. The van der Waals surface area contributed by atoms with Crippen molar-refractivity contribution in [3.05, 3.63) is 118 Å². The Bertz CT molecular complexity index is 2540. The normalized spacial score (nSPS) is 14.4. The number of alkyl halides is 6. The summed E-state index contributed by atoms with van der Waals surface area (Å²) in [5, 5.41) is 11.9. The van der Waals surface area contributed by atoms with Gasteiger partial charge in [0.25, 0.3) is 27.8 Å². The number of carbonyl (C=O) groups is 3. The molecule has 2 N–H and O–H groups in total. The highest BCUT2D eigenvalue weighted by molar-refractivity contribution is 7.94. The minimum absolute atomic E-state index is 0.000864. The van der Waals surface area contributed by atoms with Crippen molar-refractivity contribution in [3.63, 3.8) is 0 Å². The molecule has 330 valence electrons. The molecule has 0 aliphatic carbocycles. The highest BCUT2D eigenvalue weighted by atomic mass is 32.2. The molecule has 0 bridgehead atoms.